The van der Waals surface area contributed by atoms with E-state index in [1.807, 2.05) is 30.3 Å². The summed E-state index contributed by atoms with van der Waals surface area (Å²) in [5, 5.41) is 0. The normalized spacial score (nSPS) is 21.2. The van der Waals surface area contributed by atoms with Gasteiger partial charge >= 0.3 is 0 Å². The summed E-state index contributed by atoms with van der Waals surface area (Å²) in [5.74, 6) is 1.23. The van der Waals surface area contributed by atoms with Gasteiger partial charge < -0.3 is 0 Å². The van der Waals surface area contributed by atoms with E-state index in [4.69, 9.17) is 0 Å². The molecule has 0 saturated carbocycles. The smallest absolute Gasteiger partial charge is 0.163 e. The van der Waals surface area contributed by atoms with E-state index < -0.39 is 0 Å². The largest absolute Gasteiger partial charge is 0.294 e. The second-order valence-corrected chi connectivity index (χ2v) is 5.78. The minimum absolute atomic E-state index is 0.279. The van der Waals surface area contributed by atoms with Crippen molar-refractivity contribution in [1.29, 1.82) is 0 Å². The van der Waals surface area contributed by atoms with Crippen LogP contribution in [0.5, 0.6) is 0 Å². The molecule has 0 spiro atoms. The van der Waals surface area contributed by atoms with Crippen molar-refractivity contribution in [3.63, 3.8) is 0 Å². The van der Waals surface area contributed by atoms with E-state index in [2.05, 4.69) is 31.2 Å². The number of carbonyl (C=O) groups excluding carboxylic acids is 1. The van der Waals surface area contributed by atoms with Crippen LogP contribution >= 0.6 is 0 Å². The van der Waals surface area contributed by atoms with Crippen molar-refractivity contribution in [2.75, 3.05) is 0 Å². The van der Waals surface area contributed by atoms with Crippen molar-refractivity contribution in [2.24, 2.45) is 5.92 Å². The number of benzene rings is 2. The summed E-state index contributed by atoms with van der Waals surface area (Å²) in [6, 6.07) is 18.3. The molecule has 1 aliphatic carbocycles. The van der Waals surface area contributed by atoms with Crippen LogP contribution in [0, 0.1) is 5.92 Å². The van der Waals surface area contributed by atoms with Crippen molar-refractivity contribution in [3.8, 4) is 0 Å². The fourth-order valence-corrected chi connectivity index (χ4v) is 3.31. The molecule has 0 unspecified atom stereocenters. The maximum Gasteiger partial charge on any atom is 0.163 e. The zero-order valence-electron chi connectivity index (χ0n) is 11.9. The molecule has 0 heterocycles. The monoisotopic (exact) mass is 264 g/mol. The Labute approximate surface area is 120 Å². The lowest BCUT2D eigenvalue weighted by molar-refractivity contribution is 0.0950. The van der Waals surface area contributed by atoms with Crippen LogP contribution in [0.25, 0.3) is 0 Å². The zero-order chi connectivity index (χ0) is 13.9. The average molecular weight is 264 g/mol. The van der Waals surface area contributed by atoms with Gasteiger partial charge in [0.05, 0.1) is 0 Å². The molecule has 3 rings (SSSR count). The van der Waals surface area contributed by atoms with E-state index >= 15 is 0 Å². The summed E-state index contributed by atoms with van der Waals surface area (Å²) in [4.78, 5) is 12.4. The number of Topliss-reactive ketones (excluding diaryl/α,β-unsaturated/α-hetero) is 1. The van der Waals surface area contributed by atoms with E-state index in [-0.39, 0.29) is 5.78 Å². The second kappa shape index (κ2) is 5.62. The Morgan fingerprint density at radius 3 is 2.55 bits per heavy atom. The molecule has 0 aromatic heterocycles. The summed E-state index contributed by atoms with van der Waals surface area (Å²) in [6.45, 7) is 2.26. The molecular formula is C19H20O. The Morgan fingerprint density at radius 1 is 1.05 bits per heavy atom. The van der Waals surface area contributed by atoms with Gasteiger partial charge in [0.25, 0.3) is 0 Å². The number of hydrogen-bond acceptors (Lipinski definition) is 1. The number of aryl methyl sites for hydroxylation is 1. The lowest BCUT2D eigenvalue weighted by Gasteiger charge is -2.30. The van der Waals surface area contributed by atoms with Gasteiger partial charge in [-0.15, -0.1) is 0 Å². The van der Waals surface area contributed by atoms with Gasteiger partial charge in [-0.3, -0.25) is 4.79 Å². The van der Waals surface area contributed by atoms with Crippen molar-refractivity contribution in [3.05, 3.63) is 71.3 Å². The third kappa shape index (κ3) is 2.53. The lowest BCUT2D eigenvalue weighted by Crippen LogP contribution is -2.21. The minimum Gasteiger partial charge on any atom is -0.294 e. The third-order valence-electron chi connectivity index (χ3n) is 4.58. The summed E-state index contributed by atoms with van der Waals surface area (Å²) >= 11 is 0. The number of rotatable bonds is 3. The van der Waals surface area contributed by atoms with Gasteiger partial charge in [0.15, 0.2) is 5.78 Å². The third-order valence-corrected chi connectivity index (χ3v) is 4.58. The lowest BCUT2D eigenvalue weighted by atomic mass is 9.74. The van der Waals surface area contributed by atoms with Gasteiger partial charge in [-0.2, -0.15) is 0 Å². The number of ketones is 1. The van der Waals surface area contributed by atoms with Crippen molar-refractivity contribution < 1.29 is 4.79 Å². The van der Waals surface area contributed by atoms with Crippen molar-refractivity contribution in [1.82, 2.24) is 0 Å². The molecule has 1 aliphatic rings. The SMILES string of the molecule is C[C@@H]1c2ccccc2CC[C@@H]1CC(=O)c1ccccc1. The first kappa shape index (κ1) is 13.1. The first-order valence-electron chi connectivity index (χ1n) is 7.42. The number of fused-ring (bicyclic) bond motifs is 1. The van der Waals surface area contributed by atoms with Gasteiger partial charge in [-0.25, -0.2) is 0 Å². The van der Waals surface area contributed by atoms with Crippen LogP contribution in [0.15, 0.2) is 54.6 Å². The molecule has 0 amide bonds. The minimum atomic E-state index is 0.279. The molecule has 2 aromatic carbocycles. The Hall–Kier alpha value is -1.89. The fraction of sp³-hybridized carbons (Fsp3) is 0.316. The van der Waals surface area contributed by atoms with Gasteiger partial charge in [0.2, 0.25) is 0 Å². The molecular weight excluding hydrogens is 244 g/mol. The molecule has 2 aromatic rings. The van der Waals surface area contributed by atoms with Crippen molar-refractivity contribution in [2.45, 2.75) is 32.1 Å². The maximum atomic E-state index is 12.4. The van der Waals surface area contributed by atoms with Crippen LogP contribution in [0.2, 0.25) is 0 Å². The van der Waals surface area contributed by atoms with E-state index in [0.29, 0.717) is 18.3 Å². The van der Waals surface area contributed by atoms with Gasteiger partial charge in [-0.05, 0) is 35.8 Å². The van der Waals surface area contributed by atoms with Crippen LogP contribution in [0.3, 0.4) is 0 Å². The summed E-state index contributed by atoms with van der Waals surface area (Å²) in [6.07, 6.45) is 2.89. The molecule has 0 fully saturated rings. The fourth-order valence-electron chi connectivity index (χ4n) is 3.31. The Balaban J connectivity index is 1.75. The van der Waals surface area contributed by atoms with E-state index in [1.165, 1.54) is 11.1 Å². The molecule has 102 valence electrons. The van der Waals surface area contributed by atoms with E-state index in [1.54, 1.807) is 0 Å². The average Bonchev–Trinajstić information content (AvgIpc) is 2.51. The van der Waals surface area contributed by atoms with E-state index in [0.717, 1.165) is 18.4 Å². The number of carbonyl (C=O) groups is 1. The molecule has 20 heavy (non-hydrogen) atoms. The number of hydrogen-bond donors (Lipinski definition) is 0. The highest BCUT2D eigenvalue weighted by Crippen LogP contribution is 2.38. The highest BCUT2D eigenvalue weighted by molar-refractivity contribution is 5.96. The van der Waals surface area contributed by atoms with Gasteiger partial charge in [0.1, 0.15) is 0 Å². The Kier molecular flexibility index (Phi) is 3.68. The molecule has 0 aliphatic heterocycles. The molecule has 0 radical (unpaired) electrons. The van der Waals surface area contributed by atoms with E-state index in [9.17, 15) is 4.79 Å². The molecule has 0 bridgehead atoms. The molecule has 1 nitrogen and oxygen atoms in total. The van der Waals surface area contributed by atoms with Crippen LogP contribution in [0.1, 0.15) is 47.2 Å². The summed E-state index contributed by atoms with van der Waals surface area (Å²) in [5.41, 5.74) is 3.74. The standard InChI is InChI=1S/C19H20O/c1-14-17(12-11-15-7-5-6-10-18(14)15)13-19(20)16-8-3-2-4-9-16/h2-10,14,17H,11-13H2,1H3/t14-,17+/m0/s1. The highest BCUT2D eigenvalue weighted by atomic mass is 16.1. The maximum absolute atomic E-state index is 12.4. The Bertz CT molecular complexity index is 600. The Morgan fingerprint density at radius 2 is 1.75 bits per heavy atom. The predicted octanol–water partition coefficient (Wildman–Crippen LogP) is 4.63. The van der Waals surface area contributed by atoms with Crippen molar-refractivity contribution >= 4 is 5.78 Å². The van der Waals surface area contributed by atoms with Crippen LogP contribution in [0.4, 0.5) is 0 Å². The van der Waals surface area contributed by atoms with Gasteiger partial charge in [0, 0.05) is 12.0 Å². The first-order chi connectivity index (χ1) is 9.75. The predicted molar refractivity (Wildman–Crippen MR) is 82.1 cm³/mol. The van der Waals surface area contributed by atoms with Gasteiger partial charge in [-0.1, -0.05) is 61.5 Å². The quantitative estimate of drug-likeness (QED) is 0.739. The molecule has 2 atom stereocenters. The topological polar surface area (TPSA) is 17.1 Å². The van der Waals surface area contributed by atoms with Crippen LogP contribution in [-0.4, -0.2) is 5.78 Å². The molecule has 0 saturated heterocycles. The summed E-state index contributed by atoms with van der Waals surface area (Å²) in [7, 11) is 0. The zero-order valence-corrected chi connectivity index (χ0v) is 11.9. The summed E-state index contributed by atoms with van der Waals surface area (Å²) < 4.78 is 0. The van der Waals surface area contributed by atoms with Crippen LogP contribution in [-0.2, 0) is 6.42 Å². The first-order valence-corrected chi connectivity index (χ1v) is 7.42. The highest BCUT2D eigenvalue weighted by Gasteiger charge is 2.27. The second-order valence-electron chi connectivity index (χ2n) is 5.78. The molecule has 0 N–H and O–H groups in total. The van der Waals surface area contributed by atoms with Crippen LogP contribution < -0.4 is 0 Å². The molecule has 1 heteroatoms.